The first-order valence-corrected chi connectivity index (χ1v) is 4.65. The fourth-order valence-electron chi connectivity index (χ4n) is 0.891. The Bertz CT molecular complexity index is 297. The van der Waals surface area contributed by atoms with Gasteiger partial charge < -0.3 is 0 Å². The summed E-state index contributed by atoms with van der Waals surface area (Å²) in [6.45, 7) is 4.79. The molecule has 1 rings (SSSR count). The first kappa shape index (κ1) is 9.10. The molecule has 1 aromatic rings. The highest BCUT2D eigenvalue weighted by Crippen LogP contribution is 2.24. The molecule has 12 heavy (non-hydrogen) atoms. The zero-order valence-corrected chi connectivity index (χ0v) is 8.01. The van der Waals surface area contributed by atoms with Crippen molar-refractivity contribution >= 4 is 11.3 Å². The molecule has 0 N–H and O–H groups in total. The molecule has 0 saturated heterocycles. The Morgan fingerprint density at radius 3 is 2.83 bits per heavy atom. The Kier molecular flexibility index (Phi) is 3.14. The maximum Gasteiger partial charge on any atom is 0.0605 e. The second-order valence-corrected chi connectivity index (χ2v) is 4.05. The molecular weight excluding hydrogens is 170 g/mol. The number of nitrogens with zero attached hydrogens (tertiary/aromatic N) is 3. The quantitative estimate of drug-likeness (QED) is 0.388. The van der Waals surface area contributed by atoms with Gasteiger partial charge in [0.15, 0.2) is 0 Å². The van der Waals surface area contributed by atoms with E-state index in [1.54, 1.807) is 11.3 Å². The number of azide groups is 1. The van der Waals surface area contributed by atoms with Gasteiger partial charge in [-0.05, 0) is 23.6 Å². The van der Waals surface area contributed by atoms with Gasteiger partial charge in [0.05, 0.1) is 6.54 Å². The van der Waals surface area contributed by atoms with Crippen molar-refractivity contribution in [2.75, 3.05) is 0 Å². The van der Waals surface area contributed by atoms with Crippen LogP contribution in [0.25, 0.3) is 10.4 Å². The normalized spacial score (nSPS) is 9.92. The Balaban J connectivity index is 2.70. The molecule has 1 heterocycles. The molecule has 0 amide bonds. The Hall–Kier alpha value is -0.990. The summed E-state index contributed by atoms with van der Waals surface area (Å²) < 4.78 is 0. The van der Waals surface area contributed by atoms with Crippen molar-refractivity contribution < 1.29 is 0 Å². The third-order valence-electron chi connectivity index (χ3n) is 1.54. The highest BCUT2D eigenvalue weighted by Gasteiger charge is 2.02. The summed E-state index contributed by atoms with van der Waals surface area (Å²) >= 11 is 1.72. The number of rotatable bonds is 3. The van der Waals surface area contributed by atoms with Crippen LogP contribution in [0, 0.1) is 0 Å². The molecular formula is C8H11N3S. The van der Waals surface area contributed by atoms with Crippen LogP contribution < -0.4 is 0 Å². The van der Waals surface area contributed by atoms with Crippen molar-refractivity contribution in [3.63, 3.8) is 0 Å². The molecule has 0 bridgehead atoms. The topological polar surface area (TPSA) is 48.8 Å². The van der Waals surface area contributed by atoms with Crippen LogP contribution in [-0.4, -0.2) is 0 Å². The number of hydrogen-bond acceptors (Lipinski definition) is 2. The summed E-state index contributed by atoms with van der Waals surface area (Å²) in [6.07, 6.45) is 0. The Morgan fingerprint density at radius 1 is 1.58 bits per heavy atom. The molecule has 0 radical (unpaired) electrons. The highest BCUT2D eigenvalue weighted by molar-refractivity contribution is 7.12. The van der Waals surface area contributed by atoms with Crippen LogP contribution in [0.2, 0.25) is 0 Å². The molecule has 0 atom stereocenters. The zero-order chi connectivity index (χ0) is 8.97. The van der Waals surface area contributed by atoms with Gasteiger partial charge in [-0.2, -0.15) is 0 Å². The minimum atomic E-state index is 0.480. The molecule has 0 fully saturated rings. The van der Waals surface area contributed by atoms with Crippen molar-refractivity contribution in [1.82, 2.24) is 0 Å². The van der Waals surface area contributed by atoms with E-state index in [2.05, 4.69) is 29.9 Å². The van der Waals surface area contributed by atoms with Crippen LogP contribution in [-0.2, 0) is 6.54 Å². The summed E-state index contributed by atoms with van der Waals surface area (Å²) in [5, 5.41) is 3.51. The first-order valence-electron chi connectivity index (χ1n) is 3.83. The average molecular weight is 181 g/mol. The van der Waals surface area contributed by atoms with E-state index in [-0.39, 0.29) is 0 Å². The lowest BCUT2D eigenvalue weighted by Gasteiger charge is -1.96. The first-order chi connectivity index (χ1) is 5.74. The fraction of sp³-hybridized carbons (Fsp3) is 0.500. The van der Waals surface area contributed by atoms with E-state index in [1.807, 2.05) is 6.07 Å². The van der Waals surface area contributed by atoms with E-state index < -0.39 is 0 Å². The SMILES string of the molecule is CC(C)c1ccc(CN=[N+]=[N-])s1. The van der Waals surface area contributed by atoms with Crippen LogP contribution in [0.5, 0.6) is 0 Å². The van der Waals surface area contributed by atoms with Crippen LogP contribution in [0.3, 0.4) is 0 Å². The van der Waals surface area contributed by atoms with Crippen molar-refractivity contribution in [3.05, 3.63) is 32.3 Å². The van der Waals surface area contributed by atoms with E-state index in [0.29, 0.717) is 12.5 Å². The molecule has 0 aromatic carbocycles. The van der Waals surface area contributed by atoms with E-state index in [4.69, 9.17) is 5.53 Å². The smallest absolute Gasteiger partial charge is 0.0605 e. The monoisotopic (exact) mass is 181 g/mol. The number of hydrogen-bond donors (Lipinski definition) is 0. The van der Waals surface area contributed by atoms with Gasteiger partial charge in [0.1, 0.15) is 0 Å². The highest BCUT2D eigenvalue weighted by atomic mass is 32.1. The Labute approximate surface area is 75.7 Å². The molecule has 4 heteroatoms. The van der Waals surface area contributed by atoms with Gasteiger partial charge >= 0.3 is 0 Å². The Morgan fingerprint density at radius 2 is 2.33 bits per heavy atom. The maximum atomic E-state index is 8.11. The van der Waals surface area contributed by atoms with Gasteiger partial charge in [-0.1, -0.05) is 19.0 Å². The molecule has 0 saturated carbocycles. The minimum Gasteiger partial charge on any atom is -0.145 e. The maximum absolute atomic E-state index is 8.11. The second-order valence-electron chi connectivity index (χ2n) is 2.85. The molecule has 0 spiro atoms. The summed E-state index contributed by atoms with van der Waals surface area (Å²) in [5.74, 6) is 0.565. The molecule has 0 aliphatic rings. The van der Waals surface area contributed by atoms with E-state index in [1.165, 1.54) is 4.88 Å². The van der Waals surface area contributed by atoms with E-state index in [0.717, 1.165) is 4.88 Å². The lowest BCUT2D eigenvalue weighted by molar-refractivity contribution is 0.890. The summed E-state index contributed by atoms with van der Waals surface area (Å²) in [7, 11) is 0. The fourth-order valence-corrected chi connectivity index (χ4v) is 1.82. The van der Waals surface area contributed by atoms with Crippen LogP contribution >= 0.6 is 11.3 Å². The van der Waals surface area contributed by atoms with Gasteiger partial charge in [0, 0.05) is 14.7 Å². The van der Waals surface area contributed by atoms with Gasteiger partial charge in [-0.15, -0.1) is 11.3 Å². The van der Waals surface area contributed by atoms with E-state index in [9.17, 15) is 0 Å². The van der Waals surface area contributed by atoms with Crippen LogP contribution in [0.15, 0.2) is 17.2 Å². The van der Waals surface area contributed by atoms with Crippen molar-refractivity contribution in [2.24, 2.45) is 5.11 Å². The predicted molar refractivity (Wildman–Crippen MR) is 51.3 cm³/mol. The molecule has 0 aliphatic carbocycles. The third-order valence-corrected chi connectivity index (χ3v) is 2.91. The van der Waals surface area contributed by atoms with Gasteiger partial charge in [0.2, 0.25) is 0 Å². The van der Waals surface area contributed by atoms with Gasteiger partial charge in [-0.3, -0.25) is 0 Å². The summed E-state index contributed by atoms with van der Waals surface area (Å²) in [6, 6.07) is 4.12. The van der Waals surface area contributed by atoms with E-state index >= 15 is 0 Å². The van der Waals surface area contributed by atoms with Crippen molar-refractivity contribution in [2.45, 2.75) is 26.3 Å². The summed E-state index contributed by atoms with van der Waals surface area (Å²) in [4.78, 5) is 5.20. The van der Waals surface area contributed by atoms with Crippen molar-refractivity contribution in [3.8, 4) is 0 Å². The summed E-state index contributed by atoms with van der Waals surface area (Å²) in [5.41, 5.74) is 8.11. The predicted octanol–water partition coefficient (Wildman–Crippen LogP) is 3.68. The minimum absolute atomic E-state index is 0.480. The third kappa shape index (κ3) is 2.26. The number of thiophene rings is 1. The molecule has 1 aromatic heterocycles. The molecule has 3 nitrogen and oxygen atoms in total. The van der Waals surface area contributed by atoms with Gasteiger partial charge in [0.25, 0.3) is 0 Å². The largest absolute Gasteiger partial charge is 0.145 e. The lowest BCUT2D eigenvalue weighted by Crippen LogP contribution is -1.77. The van der Waals surface area contributed by atoms with Crippen molar-refractivity contribution in [1.29, 1.82) is 0 Å². The van der Waals surface area contributed by atoms with Crippen LogP contribution in [0.1, 0.15) is 29.5 Å². The average Bonchev–Trinajstić information content (AvgIpc) is 2.48. The molecule has 0 aliphatic heterocycles. The van der Waals surface area contributed by atoms with Gasteiger partial charge in [-0.25, -0.2) is 0 Å². The lowest BCUT2D eigenvalue weighted by atomic mass is 10.2. The standard InChI is InChI=1S/C8H11N3S/c1-6(2)8-4-3-7(12-8)5-10-11-9/h3-4,6H,5H2,1-2H3. The van der Waals surface area contributed by atoms with Crippen LogP contribution in [0.4, 0.5) is 0 Å². The zero-order valence-electron chi connectivity index (χ0n) is 7.19. The second kappa shape index (κ2) is 4.14. The molecule has 0 unspecified atom stereocenters. The molecule has 64 valence electrons.